The minimum absolute atomic E-state index is 0.639. The van der Waals surface area contributed by atoms with E-state index in [0.717, 1.165) is 0 Å². The third kappa shape index (κ3) is 35.0. The third-order valence-electron chi connectivity index (χ3n) is 0. The third-order valence-corrected chi connectivity index (χ3v) is 0. The highest BCUT2D eigenvalue weighted by atomic mass is 32.2. The molecule has 0 aliphatic rings. The lowest BCUT2D eigenvalue weighted by molar-refractivity contribution is 2.20. The summed E-state index contributed by atoms with van der Waals surface area (Å²) in [6.45, 7) is 0. The Morgan fingerprint density at radius 1 is 1.00 bits per heavy atom. The highest BCUT2D eigenvalue weighted by molar-refractivity contribution is 8.15. The van der Waals surface area contributed by atoms with E-state index >= 15 is 0 Å². The van der Waals surface area contributed by atoms with E-state index < -0.39 is 0 Å². The average Bonchev–Trinajstić information content (AvgIpc) is 0.811. The van der Waals surface area contributed by atoms with Gasteiger partial charge in [-0.1, -0.05) is 0 Å². The Morgan fingerprint density at radius 2 is 1.00 bits per heavy atom. The molecule has 0 aliphatic carbocycles. The lowest BCUT2D eigenvalue weighted by atomic mass is 11.9. The van der Waals surface area contributed by atoms with Crippen LogP contribution in [0.4, 0.5) is 0 Å². The van der Waals surface area contributed by atoms with Crippen LogP contribution in [0.3, 0.4) is 0 Å². The van der Waals surface area contributed by atoms with E-state index in [2.05, 4.69) is 18.8 Å². The number of rotatable bonds is 0. The van der Waals surface area contributed by atoms with Crippen LogP contribution in [0.5, 0.6) is 0 Å². The molecule has 1 radical (unpaired) electrons. The predicted molar refractivity (Wildman–Crippen MR) is 25.4 cm³/mol. The van der Waals surface area contributed by atoms with Crippen molar-refractivity contribution in [2.24, 2.45) is 0 Å². The second-order valence-electron chi connectivity index (χ2n) is 1.22. The van der Waals surface area contributed by atoms with Crippen LogP contribution < -0.4 is 0 Å². The van der Waals surface area contributed by atoms with Gasteiger partial charge in [0.25, 0.3) is 0 Å². The van der Waals surface area contributed by atoms with Gasteiger partial charge in [0.2, 0.25) is 0 Å². The normalized spacial score (nSPS) is 9.00. The smallest absolute Gasteiger partial charge is 0.0277 e. The van der Waals surface area contributed by atoms with Crippen molar-refractivity contribution in [3.8, 4) is 0 Å². The first-order chi connectivity index (χ1) is 1.73. The van der Waals surface area contributed by atoms with Crippen molar-refractivity contribution < 1.29 is 0 Å². The van der Waals surface area contributed by atoms with E-state index in [-0.39, 0.29) is 0 Å². The molecule has 0 nitrogen and oxygen atoms in total. The van der Waals surface area contributed by atoms with Crippen LogP contribution in [0.1, 0.15) is 0 Å². The predicted octanol–water partition coefficient (Wildman–Crippen LogP) is 1.14. The Hall–Kier alpha value is 0.350. The first-order valence-corrected chi connectivity index (χ1v) is 3.67. The van der Waals surface area contributed by atoms with E-state index in [1.807, 2.05) is 0 Å². The zero-order valence-corrected chi connectivity index (χ0v) is 4.22. The molecule has 0 aliphatic heterocycles. The summed E-state index contributed by atoms with van der Waals surface area (Å²) in [6, 6.07) is 0. The molecule has 0 rings (SSSR count). The molecule has 1 heteroatoms. The molecule has 0 amide bonds. The lowest BCUT2D eigenvalue weighted by Crippen LogP contribution is -1.56. The fraction of sp³-hybridized carbons (Fsp3) is 1.00. The SMILES string of the molecule is C[S](C)C. The van der Waals surface area contributed by atoms with E-state index in [1.54, 1.807) is 0 Å². The van der Waals surface area contributed by atoms with Crippen LogP contribution in [0.2, 0.25) is 0 Å². The second-order valence-corrected chi connectivity index (χ2v) is 3.67. The fourth-order valence-corrected chi connectivity index (χ4v) is 0. The molecule has 0 atom stereocenters. The van der Waals surface area contributed by atoms with E-state index in [4.69, 9.17) is 0 Å². The Labute approximate surface area is 30.6 Å². The molecule has 0 N–H and O–H groups in total. The quantitative estimate of drug-likeness (QED) is 0.407. The largest absolute Gasteiger partial charge is 0.219 e. The van der Waals surface area contributed by atoms with E-state index in [1.165, 1.54) is 0 Å². The molecule has 0 heterocycles. The average molecular weight is 77.2 g/mol. The van der Waals surface area contributed by atoms with Crippen LogP contribution in [0.15, 0.2) is 0 Å². The summed E-state index contributed by atoms with van der Waals surface area (Å²) in [6.07, 6.45) is 6.58. The molecule has 0 aromatic rings. The van der Waals surface area contributed by atoms with Gasteiger partial charge < -0.3 is 0 Å². The van der Waals surface area contributed by atoms with Crippen LogP contribution >= 0.6 is 10.9 Å². The summed E-state index contributed by atoms with van der Waals surface area (Å²) >= 11 is 0. The number of hydrogen-bond acceptors (Lipinski definition) is 0. The minimum atomic E-state index is 0.639. The molecule has 0 fully saturated rings. The molecule has 0 saturated carbocycles. The number of hydrogen-bond donors (Lipinski definition) is 0. The van der Waals surface area contributed by atoms with Gasteiger partial charge in [-0.15, -0.1) is 0 Å². The van der Waals surface area contributed by atoms with Crippen molar-refractivity contribution in [3.05, 3.63) is 0 Å². The van der Waals surface area contributed by atoms with E-state index in [0.29, 0.717) is 10.9 Å². The summed E-state index contributed by atoms with van der Waals surface area (Å²) in [5.74, 6) is 0. The van der Waals surface area contributed by atoms with Gasteiger partial charge in [-0.3, -0.25) is 0 Å². The first kappa shape index (κ1) is 4.35. The van der Waals surface area contributed by atoms with Gasteiger partial charge in [0, 0.05) is 0 Å². The molecule has 4 heavy (non-hydrogen) atoms. The Kier molecular flexibility index (Phi) is 1.79. The Bertz CT molecular complexity index is 8.00. The summed E-state index contributed by atoms with van der Waals surface area (Å²) in [5.41, 5.74) is 0. The second kappa shape index (κ2) is 1.65. The molecule has 0 unspecified atom stereocenters. The summed E-state index contributed by atoms with van der Waals surface area (Å²) in [4.78, 5) is 0. The Balaban J connectivity index is 2.32. The lowest BCUT2D eigenvalue weighted by Gasteiger charge is -1.86. The standard InChI is InChI=1S/C3H9S/c1-4(2)3/h1-3H3. The van der Waals surface area contributed by atoms with Crippen LogP contribution in [-0.4, -0.2) is 18.8 Å². The van der Waals surface area contributed by atoms with Crippen LogP contribution in [-0.2, 0) is 0 Å². The maximum absolute atomic E-state index is 2.19. The van der Waals surface area contributed by atoms with Crippen molar-refractivity contribution in [3.63, 3.8) is 0 Å². The highest BCUT2D eigenvalue weighted by Crippen LogP contribution is 2.01. The van der Waals surface area contributed by atoms with Crippen LogP contribution in [0.25, 0.3) is 0 Å². The molecular formula is C3H9S. The molecule has 0 bridgehead atoms. The minimum Gasteiger partial charge on any atom is -0.219 e. The van der Waals surface area contributed by atoms with Gasteiger partial charge in [0.05, 0.1) is 0 Å². The topological polar surface area (TPSA) is 0 Å². The van der Waals surface area contributed by atoms with Gasteiger partial charge in [-0.05, 0) is 18.8 Å². The van der Waals surface area contributed by atoms with Crippen molar-refractivity contribution in [1.82, 2.24) is 0 Å². The molecule has 0 aromatic heterocycles. The van der Waals surface area contributed by atoms with Gasteiger partial charge in [-0.25, -0.2) is 10.9 Å². The van der Waals surface area contributed by atoms with Crippen molar-refractivity contribution in [2.45, 2.75) is 0 Å². The Morgan fingerprint density at radius 3 is 1.00 bits per heavy atom. The molecule has 27 valence electrons. The molecule has 0 saturated heterocycles. The summed E-state index contributed by atoms with van der Waals surface area (Å²) < 4.78 is 0. The van der Waals surface area contributed by atoms with Crippen molar-refractivity contribution >= 4 is 10.9 Å². The molecule has 0 aromatic carbocycles. The maximum atomic E-state index is 2.19. The summed E-state index contributed by atoms with van der Waals surface area (Å²) in [5, 5.41) is 0. The molecular weight excluding hydrogens is 68.1 g/mol. The van der Waals surface area contributed by atoms with Gasteiger partial charge >= 0.3 is 0 Å². The monoisotopic (exact) mass is 77.0 g/mol. The van der Waals surface area contributed by atoms with E-state index in [9.17, 15) is 0 Å². The van der Waals surface area contributed by atoms with Crippen molar-refractivity contribution in [1.29, 1.82) is 0 Å². The summed E-state index contributed by atoms with van der Waals surface area (Å²) in [7, 11) is 0.639. The van der Waals surface area contributed by atoms with Gasteiger partial charge in [0.1, 0.15) is 0 Å². The fourth-order valence-electron chi connectivity index (χ4n) is 0. The first-order valence-electron chi connectivity index (χ1n) is 1.22. The zero-order valence-electron chi connectivity index (χ0n) is 3.41. The van der Waals surface area contributed by atoms with Gasteiger partial charge in [0.15, 0.2) is 0 Å². The highest BCUT2D eigenvalue weighted by Gasteiger charge is 1.61. The maximum Gasteiger partial charge on any atom is -0.0277 e. The zero-order chi connectivity index (χ0) is 3.58. The van der Waals surface area contributed by atoms with Crippen LogP contribution in [0, 0.1) is 0 Å². The van der Waals surface area contributed by atoms with Gasteiger partial charge in [-0.2, -0.15) is 0 Å². The molecule has 0 spiro atoms. The van der Waals surface area contributed by atoms with Crippen molar-refractivity contribution in [2.75, 3.05) is 18.8 Å².